The number of imidazole rings is 1. The van der Waals surface area contributed by atoms with Gasteiger partial charge in [0, 0.05) is 31.3 Å². The maximum absolute atomic E-state index is 9.49. The number of aliphatic hydroxyl groups excluding tert-OH is 1. The molecule has 1 saturated heterocycles. The van der Waals surface area contributed by atoms with E-state index < -0.39 is 0 Å². The van der Waals surface area contributed by atoms with Crippen LogP contribution >= 0.6 is 0 Å². The molecule has 0 spiro atoms. The summed E-state index contributed by atoms with van der Waals surface area (Å²) in [6.45, 7) is 9.60. The molecule has 0 aliphatic carbocycles. The third-order valence-electron chi connectivity index (χ3n) is 4.32. The van der Waals surface area contributed by atoms with Gasteiger partial charge >= 0.3 is 0 Å². The van der Waals surface area contributed by atoms with Crippen LogP contribution in [0.2, 0.25) is 0 Å². The molecule has 0 saturated carbocycles. The van der Waals surface area contributed by atoms with Gasteiger partial charge in [0.15, 0.2) is 0 Å². The highest BCUT2D eigenvalue weighted by molar-refractivity contribution is 5.13. The molecule has 102 valence electrons. The monoisotopic (exact) mass is 251 g/mol. The number of aryl methyl sites for hydroxylation is 1. The van der Waals surface area contributed by atoms with Crippen molar-refractivity contribution in [1.29, 1.82) is 0 Å². The smallest absolute Gasteiger partial charge is 0.123 e. The predicted molar refractivity (Wildman–Crippen MR) is 72.4 cm³/mol. The Hall–Kier alpha value is -0.870. The maximum Gasteiger partial charge on any atom is 0.123 e. The molecule has 2 rings (SSSR count). The van der Waals surface area contributed by atoms with Gasteiger partial charge in [-0.15, -0.1) is 0 Å². The first-order valence-electron chi connectivity index (χ1n) is 6.77. The van der Waals surface area contributed by atoms with Gasteiger partial charge in [-0.2, -0.15) is 0 Å². The zero-order chi connectivity index (χ0) is 13.3. The summed E-state index contributed by atoms with van der Waals surface area (Å²) in [4.78, 5) is 7.05. The van der Waals surface area contributed by atoms with Crippen LogP contribution in [0.15, 0.2) is 0 Å². The van der Waals surface area contributed by atoms with Crippen LogP contribution in [-0.2, 0) is 13.6 Å². The van der Waals surface area contributed by atoms with Crippen LogP contribution in [0.4, 0.5) is 0 Å². The molecule has 0 amide bonds. The molecule has 2 heterocycles. The van der Waals surface area contributed by atoms with E-state index in [0.717, 1.165) is 37.6 Å². The Morgan fingerprint density at radius 1 is 1.39 bits per heavy atom. The minimum atomic E-state index is 0.0630. The Labute approximate surface area is 110 Å². The van der Waals surface area contributed by atoms with Gasteiger partial charge in [0.25, 0.3) is 0 Å². The molecule has 1 aliphatic rings. The van der Waals surface area contributed by atoms with Crippen molar-refractivity contribution in [1.82, 2.24) is 14.5 Å². The van der Waals surface area contributed by atoms with Crippen LogP contribution in [0.1, 0.15) is 37.0 Å². The van der Waals surface area contributed by atoms with E-state index in [0.29, 0.717) is 0 Å². The summed E-state index contributed by atoms with van der Waals surface area (Å²) < 4.78 is 2.18. The SMILES string of the molecule is Cc1nc(CN2CCCC(C)(CO)C2)n(C)c1C. The van der Waals surface area contributed by atoms with Gasteiger partial charge < -0.3 is 9.67 Å². The van der Waals surface area contributed by atoms with Crippen LogP contribution in [-0.4, -0.2) is 39.3 Å². The van der Waals surface area contributed by atoms with Gasteiger partial charge in [0.05, 0.1) is 12.2 Å². The molecule has 0 bridgehead atoms. The second kappa shape index (κ2) is 5.02. The Bertz CT molecular complexity index is 427. The number of aliphatic hydroxyl groups is 1. The van der Waals surface area contributed by atoms with E-state index >= 15 is 0 Å². The molecule has 4 nitrogen and oxygen atoms in total. The lowest BCUT2D eigenvalue weighted by Gasteiger charge is -2.39. The van der Waals surface area contributed by atoms with Gasteiger partial charge in [-0.05, 0) is 33.2 Å². The number of hydrogen-bond acceptors (Lipinski definition) is 3. The lowest BCUT2D eigenvalue weighted by atomic mass is 9.83. The highest BCUT2D eigenvalue weighted by atomic mass is 16.3. The van der Waals surface area contributed by atoms with Crippen LogP contribution in [0.3, 0.4) is 0 Å². The number of piperidine rings is 1. The van der Waals surface area contributed by atoms with Crippen LogP contribution in [0, 0.1) is 19.3 Å². The normalized spacial score (nSPS) is 25.6. The molecule has 4 heteroatoms. The molecule has 1 atom stereocenters. The van der Waals surface area contributed by atoms with Crippen molar-refractivity contribution in [2.45, 2.75) is 40.2 Å². The van der Waals surface area contributed by atoms with Gasteiger partial charge in [-0.25, -0.2) is 4.98 Å². The van der Waals surface area contributed by atoms with E-state index in [4.69, 9.17) is 0 Å². The van der Waals surface area contributed by atoms with Crippen LogP contribution < -0.4 is 0 Å². The predicted octanol–water partition coefficient (Wildman–Crippen LogP) is 1.63. The van der Waals surface area contributed by atoms with Crippen molar-refractivity contribution >= 4 is 0 Å². The standard InChI is InChI=1S/C14H25N3O/c1-11-12(2)16(4)13(15-11)8-17-7-5-6-14(3,9-17)10-18/h18H,5-10H2,1-4H3. The fourth-order valence-corrected chi connectivity index (χ4v) is 2.82. The summed E-state index contributed by atoms with van der Waals surface area (Å²) in [5.41, 5.74) is 2.43. The van der Waals surface area contributed by atoms with Gasteiger partial charge in [-0.3, -0.25) is 4.90 Å². The average molecular weight is 251 g/mol. The fourth-order valence-electron chi connectivity index (χ4n) is 2.82. The quantitative estimate of drug-likeness (QED) is 0.888. The third kappa shape index (κ3) is 2.59. The molecule has 1 unspecified atom stereocenters. The number of nitrogens with zero attached hydrogens (tertiary/aromatic N) is 3. The summed E-state index contributed by atoms with van der Waals surface area (Å²) in [7, 11) is 2.08. The molecule has 1 aromatic rings. The van der Waals surface area contributed by atoms with E-state index in [1.54, 1.807) is 0 Å². The van der Waals surface area contributed by atoms with Gasteiger partial charge in [0.1, 0.15) is 5.82 Å². The van der Waals surface area contributed by atoms with Crippen molar-refractivity contribution in [2.75, 3.05) is 19.7 Å². The highest BCUT2D eigenvalue weighted by Crippen LogP contribution is 2.29. The number of likely N-dealkylation sites (tertiary alicyclic amines) is 1. The van der Waals surface area contributed by atoms with Crippen molar-refractivity contribution in [3.05, 3.63) is 17.2 Å². The zero-order valence-electron chi connectivity index (χ0n) is 12.0. The summed E-state index contributed by atoms with van der Waals surface area (Å²) in [5.74, 6) is 1.13. The number of rotatable bonds is 3. The molecule has 1 aromatic heterocycles. The lowest BCUT2D eigenvalue weighted by molar-refractivity contribution is 0.0413. The minimum absolute atomic E-state index is 0.0630. The van der Waals surface area contributed by atoms with Crippen molar-refractivity contribution in [2.24, 2.45) is 12.5 Å². The van der Waals surface area contributed by atoms with E-state index in [2.05, 4.69) is 42.3 Å². The molecular weight excluding hydrogens is 226 g/mol. The molecule has 1 fully saturated rings. The topological polar surface area (TPSA) is 41.3 Å². The maximum atomic E-state index is 9.49. The molecule has 0 radical (unpaired) electrons. The molecule has 1 aliphatic heterocycles. The largest absolute Gasteiger partial charge is 0.396 e. The van der Waals surface area contributed by atoms with E-state index in [9.17, 15) is 5.11 Å². The van der Waals surface area contributed by atoms with Crippen molar-refractivity contribution in [3.63, 3.8) is 0 Å². The van der Waals surface area contributed by atoms with Crippen molar-refractivity contribution < 1.29 is 5.11 Å². The first-order valence-corrected chi connectivity index (χ1v) is 6.77. The Kier molecular flexibility index (Phi) is 3.78. The van der Waals surface area contributed by atoms with Crippen LogP contribution in [0.5, 0.6) is 0 Å². The van der Waals surface area contributed by atoms with Gasteiger partial charge in [0.2, 0.25) is 0 Å². The second-order valence-corrected chi connectivity index (χ2v) is 6.04. The molecular formula is C14H25N3O. The summed E-state index contributed by atoms with van der Waals surface area (Å²) in [5, 5.41) is 9.49. The summed E-state index contributed by atoms with van der Waals surface area (Å²) in [6.07, 6.45) is 2.29. The highest BCUT2D eigenvalue weighted by Gasteiger charge is 2.30. The molecule has 0 aromatic carbocycles. The Balaban J connectivity index is 2.07. The number of hydrogen-bond donors (Lipinski definition) is 1. The zero-order valence-corrected chi connectivity index (χ0v) is 12.0. The average Bonchev–Trinajstić information content (AvgIpc) is 2.57. The van der Waals surface area contributed by atoms with E-state index in [-0.39, 0.29) is 12.0 Å². The third-order valence-corrected chi connectivity index (χ3v) is 4.32. The van der Waals surface area contributed by atoms with Gasteiger partial charge in [-0.1, -0.05) is 6.92 Å². The lowest BCUT2D eigenvalue weighted by Crippen LogP contribution is -2.43. The second-order valence-electron chi connectivity index (χ2n) is 6.04. The first kappa shape index (κ1) is 13.6. The Morgan fingerprint density at radius 3 is 2.67 bits per heavy atom. The molecule has 1 N–H and O–H groups in total. The fraction of sp³-hybridized carbons (Fsp3) is 0.786. The number of aromatic nitrogens is 2. The van der Waals surface area contributed by atoms with E-state index in [1.165, 1.54) is 12.1 Å². The minimum Gasteiger partial charge on any atom is -0.396 e. The van der Waals surface area contributed by atoms with Crippen molar-refractivity contribution in [3.8, 4) is 0 Å². The van der Waals surface area contributed by atoms with Crippen LogP contribution in [0.25, 0.3) is 0 Å². The summed E-state index contributed by atoms with van der Waals surface area (Å²) >= 11 is 0. The summed E-state index contributed by atoms with van der Waals surface area (Å²) in [6, 6.07) is 0. The first-order chi connectivity index (χ1) is 8.45. The molecule has 18 heavy (non-hydrogen) atoms. The van der Waals surface area contributed by atoms with E-state index in [1.807, 2.05) is 0 Å². The Morgan fingerprint density at radius 2 is 2.11 bits per heavy atom.